The van der Waals surface area contributed by atoms with Crippen LogP contribution in [0.2, 0.25) is 0 Å². The first-order valence-corrected chi connectivity index (χ1v) is 10.3. The van der Waals surface area contributed by atoms with E-state index < -0.39 is 12.2 Å². The second-order valence-electron chi connectivity index (χ2n) is 7.31. The molecular weight excluding hydrogens is 415 g/mol. The van der Waals surface area contributed by atoms with Gasteiger partial charge in [0.2, 0.25) is 0 Å². The van der Waals surface area contributed by atoms with Crippen molar-refractivity contribution in [1.29, 1.82) is 0 Å². The molecule has 1 atom stereocenters. The number of amides is 1. The fourth-order valence-corrected chi connectivity index (χ4v) is 4.42. The molecular formula is C21H20F3N3O2S. The highest BCUT2D eigenvalue weighted by Gasteiger charge is 2.45. The SMILES string of the molecule is Cc1ccc(OCc2csc(C(=O)N3CCC(C(F)(F)F)n4nccc43)c2)c(C)c1. The normalized spacial score (nSPS) is 16.4. The van der Waals surface area contributed by atoms with Gasteiger partial charge in [-0.25, -0.2) is 4.68 Å². The molecule has 1 aliphatic heterocycles. The fraction of sp³-hybridized carbons (Fsp3) is 0.333. The van der Waals surface area contributed by atoms with Gasteiger partial charge >= 0.3 is 6.18 Å². The number of carbonyl (C=O) groups excluding carboxylic acids is 1. The predicted octanol–water partition coefficient (Wildman–Crippen LogP) is 5.29. The maximum Gasteiger partial charge on any atom is 0.410 e. The Morgan fingerprint density at radius 1 is 1.27 bits per heavy atom. The summed E-state index contributed by atoms with van der Waals surface area (Å²) in [4.78, 5) is 14.8. The maximum absolute atomic E-state index is 13.3. The molecule has 2 aromatic heterocycles. The van der Waals surface area contributed by atoms with Crippen LogP contribution in [-0.2, 0) is 6.61 Å². The van der Waals surface area contributed by atoms with Crippen molar-refractivity contribution in [2.75, 3.05) is 11.4 Å². The van der Waals surface area contributed by atoms with Crippen LogP contribution in [-0.4, -0.2) is 28.4 Å². The Balaban J connectivity index is 1.48. The maximum atomic E-state index is 13.3. The van der Waals surface area contributed by atoms with E-state index in [0.717, 1.165) is 27.1 Å². The van der Waals surface area contributed by atoms with E-state index >= 15 is 0 Å². The summed E-state index contributed by atoms with van der Waals surface area (Å²) in [6.07, 6.45) is -3.34. The molecule has 1 aliphatic rings. The Morgan fingerprint density at radius 2 is 2.07 bits per heavy atom. The van der Waals surface area contributed by atoms with Crippen LogP contribution in [0.5, 0.6) is 5.75 Å². The number of thiophene rings is 1. The van der Waals surface area contributed by atoms with Gasteiger partial charge in [0.25, 0.3) is 5.91 Å². The van der Waals surface area contributed by atoms with Crippen LogP contribution < -0.4 is 9.64 Å². The number of hydrogen-bond acceptors (Lipinski definition) is 4. The van der Waals surface area contributed by atoms with Gasteiger partial charge in [0.05, 0.1) is 11.1 Å². The second-order valence-corrected chi connectivity index (χ2v) is 8.22. The third-order valence-corrected chi connectivity index (χ3v) is 6.03. The monoisotopic (exact) mass is 435 g/mol. The van der Waals surface area contributed by atoms with Crippen LogP contribution in [0.3, 0.4) is 0 Å². The molecule has 0 radical (unpaired) electrons. The van der Waals surface area contributed by atoms with Crippen molar-refractivity contribution in [3.8, 4) is 5.75 Å². The lowest BCUT2D eigenvalue weighted by atomic mass is 10.1. The van der Waals surface area contributed by atoms with E-state index in [-0.39, 0.29) is 24.7 Å². The molecule has 30 heavy (non-hydrogen) atoms. The highest BCUT2D eigenvalue weighted by molar-refractivity contribution is 7.12. The molecule has 1 amide bonds. The van der Waals surface area contributed by atoms with E-state index in [1.54, 1.807) is 6.07 Å². The van der Waals surface area contributed by atoms with E-state index in [1.165, 1.54) is 28.5 Å². The summed E-state index contributed by atoms with van der Waals surface area (Å²) in [6.45, 7) is 4.28. The summed E-state index contributed by atoms with van der Waals surface area (Å²) >= 11 is 1.25. The molecule has 4 rings (SSSR count). The molecule has 0 saturated carbocycles. The van der Waals surface area contributed by atoms with E-state index in [9.17, 15) is 18.0 Å². The van der Waals surface area contributed by atoms with Crippen LogP contribution in [0.4, 0.5) is 19.0 Å². The summed E-state index contributed by atoms with van der Waals surface area (Å²) in [5, 5.41) is 5.63. The van der Waals surface area contributed by atoms with Crippen molar-refractivity contribution in [3.05, 3.63) is 63.5 Å². The number of benzene rings is 1. The van der Waals surface area contributed by atoms with Gasteiger partial charge in [0.1, 0.15) is 18.2 Å². The zero-order valence-corrected chi connectivity index (χ0v) is 17.3. The molecule has 0 bridgehead atoms. The second kappa shape index (κ2) is 7.79. The number of carbonyl (C=O) groups is 1. The van der Waals surface area contributed by atoms with Gasteiger partial charge in [-0.3, -0.25) is 9.69 Å². The molecule has 0 saturated heterocycles. The number of aromatic nitrogens is 2. The highest BCUT2D eigenvalue weighted by atomic mass is 32.1. The van der Waals surface area contributed by atoms with Crippen LogP contribution >= 0.6 is 11.3 Å². The average molecular weight is 435 g/mol. The zero-order valence-electron chi connectivity index (χ0n) is 16.4. The molecule has 0 N–H and O–H groups in total. The third-order valence-electron chi connectivity index (χ3n) is 5.06. The molecule has 3 heterocycles. The van der Waals surface area contributed by atoms with Crippen LogP contribution in [0.15, 0.2) is 41.9 Å². The number of hydrogen-bond donors (Lipinski definition) is 0. The first kappa shape index (κ1) is 20.5. The van der Waals surface area contributed by atoms with Crippen molar-refractivity contribution in [2.24, 2.45) is 0 Å². The third kappa shape index (κ3) is 3.94. The molecule has 0 spiro atoms. The lowest BCUT2D eigenvalue weighted by molar-refractivity contribution is -0.172. The number of fused-ring (bicyclic) bond motifs is 1. The molecule has 0 fully saturated rings. The first-order valence-electron chi connectivity index (χ1n) is 9.43. The summed E-state index contributed by atoms with van der Waals surface area (Å²) in [7, 11) is 0. The minimum absolute atomic E-state index is 0.0129. The van der Waals surface area contributed by atoms with Gasteiger partial charge in [0, 0.05) is 18.2 Å². The van der Waals surface area contributed by atoms with Crippen molar-refractivity contribution in [3.63, 3.8) is 0 Å². The highest BCUT2D eigenvalue weighted by Crippen LogP contribution is 2.39. The summed E-state index contributed by atoms with van der Waals surface area (Å²) in [5.41, 5.74) is 3.01. The minimum atomic E-state index is -4.41. The van der Waals surface area contributed by atoms with Gasteiger partial charge in [-0.05, 0) is 43.3 Å². The molecule has 0 aliphatic carbocycles. The van der Waals surface area contributed by atoms with E-state index in [4.69, 9.17) is 4.74 Å². The molecule has 1 unspecified atom stereocenters. The van der Waals surface area contributed by atoms with Crippen molar-refractivity contribution in [1.82, 2.24) is 9.78 Å². The minimum Gasteiger partial charge on any atom is -0.489 e. The molecule has 158 valence electrons. The quantitative estimate of drug-likeness (QED) is 0.559. The standard InChI is InChI=1S/C21H20F3N3O2S/c1-13-3-4-16(14(2)9-13)29-11-15-10-17(30-12-15)20(28)26-8-6-18(21(22,23)24)27-19(26)5-7-25-27/h3-5,7,9-10,12,18H,6,8,11H2,1-2H3. The zero-order chi connectivity index (χ0) is 21.5. The van der Waals surface area contributed by atoms with E-state index in [1.807, 2.05) is 37.4 Å². The number of rotatable bonds is 4. The number of alkyl halides is 3. The Bertz CT molecular complexity index is 1070. The topological polar surface area (TPSA) is 47.4 Å². The number of ether oxygens (including phenoxy) is 1. The van der Waals surface area contributed by atoms with Crippen molar-refractivity contribution >= 4 is 23.1 Å². The lowest BCUT2D eigenvalue weighted by Gasteiger charge is -2.33. The fourth-order valence-electron chi connectivity index (χ4n) is 3.58. The summed E-state index contributed by atoms with van der Waals surface area (Å²) in [5.74, 6) is 0.605. The lowest BCUT2D eigenvalue weighted by Crippen LogP contribution is -2.42. The smallest absolute Gasteiger partial charge is 0.410 e. The number of aryl methyl sites for hydroxylation is 2. The number of halogens is 3. The van der Waals surface area contributed by atoms with Gasteiger partial charge in [-0.2, -0.15) is 18.3 Å². The molecule has 5 nitrogen and oxygen atoms in total. The van der Waals surface area contributed by atoms with Gasteiger partial charge in [-0.1, -0.05) is 17.7 Å². The largest absolute Gasteiger partial charge is 0.489 e. The van der Waals surface area contributed by atoms with Crippen molar-refractivity contribution < 1.29 is 22.7 Å². The Kier molecular flexibility index (Phi) is 5.31. The summed E-state index contributed by atoms with van der Waals surface area (Å²) < 4.78 is 46.5. The van der Waals surface area contributed by atoms with Crippen LogP contribution in [0.25, 0.3) is 0 Å². The Morgan fingerprint density at radius 3 is 2.80 bits per heavy atom. The number of anilines is 1. The Hall–Kier alpha value is -2.81. The van der Waals surface area contributed by atoms with Crippen LogP contribution in [0.1, 0.15) is 38.8 Å². The number of nitrogens with zero attached hydrogens (tertiary/aromatic N) is 3. The van der Waals surface area contributed by atoms with Gasteiger partial charge in [-0.15, -0.1) is 11.3 Å². The average Bonchev–Trinajstić information content (AvgIpc) is 3.35. The van der Waals surface area contributed by atoms with Gasteiger partial charge in [0.15, 0.2) is 6.04 Å². The molecule has 9 heteroatoms. The van der Waals surface area contributed by atoms with Gasteiger partial charge < -0.3 is 4.74 Å². The Labute approximate surface area is 175 Å². The van der Waals surface area contributed by atoms with E-state index in [0.29, 0.717) is 11.5 Å². The van der Waals surface area contributed by atoms with Crippen LogP contribution in [0, 0.1) is 13.8 Å². The van der Waals surface area contributed by atoms with E-state index in [2.05, 4.69) is 5.10 Å². The predicted molar refractivity (Wildman–Crippen MR) is 108 cm³/mol. The summed E-state index contributed by atoms with van der Waals surface area (Å²) in [6, 6.07) is 7.37. The molecule has 1 aromatic carbocycles. The molecule has 3 aromatic rings. The van der Waals surface area contributed by atoms with Crippen molar-refractivity contribution in [2.45, 2.75) is 39.1 Å². The first-order chi connectivity index (χ1) is 14.2.